The quantitative estimate of drug-likeness (QED) is 0.607. The molecule has 5 heteroatoms. The molecule has 120 valence electrons. The summed E-state index contributed by atoms with van der Waals surface area (Å²) in [7, 11) is 0. The highest BCUT2D eigenvalue weighted by Crippen LogP contribution is 2.20. The molecule has 23 heavy (non-hydrogen) atoms. The number of hydrogen-bond donors (Lipinski definition) is 0. The van der Waals surface area contributed by atoms with Crippen molar-refractivity contribution >= 4 is 11.9 Å². The largest absolute Gasteiger partial charge is 0.466 e. The molecule has 0 amide bonds. The summed E-state index contributed by atoms with van der Waals surface area (Å²) in [5.74, 6) is -0.892. The molecule has 0 spiro atoms. The fraction of sp³-hybridized carbons (Fsp3) is 0.222. The summed E-state index contributed by atoms with van der Waals surface area (Å²) in [6.07, 6.45) is 0.0574. The van der Waals surface area contributed by atoms with Gasteiger partial charge in [0.25, 0.3) is 0 Å². The fourth-order valence-electron chi connectivity index (χ4n) is 2.04. The second-order valence-corrected chi connectivity index (χ2v) is 4.87. The minimum Gasteiger partial charge on any atom is -0.466 e. The summed E-state index contributed by atoms with van der Waals surface area (Å²) in [4.78, 5) is 23.6. The van der Waals surface area contributed by atoms with Gasteiger partial charge < -0.3 is 9.47 Å². The van der Waals surface area contributed by atoms with Gasteiger partial charge in [-0.15, -0.1) is 0 Å². The Morgan fingerprint density at radius 3 is 2.35 bits per heavy atom. The van der Waals surface area contributed by atoms with E-state index in [-0.39, 0.29) is 24.6 Å². The molecule has 0 aliphatic carbocycles. The number of carbonyl (C=O) groups is 2. The van der Waals surface area contributed by atoms with E-state index in [0.717, 1.165) is 0 Å². The van der Waals surface area contributed by atoms with Gasteiger partial charge in [0.2, 0.25) is 0 Å². The third-order valence-electron chi connectivity index (χ3n) is 3.10. The van der Waals surface area contributed by atoms with Crippen molar-refractivity contribution in [2.75, 3.05) is 6.61 Å². The highest BCUT2D eigenvalue weighted by Gasteiger charge is 2.13. The summed E-state index contributed by atoms with van der Waals surface area (Å²) in [5.41, 5.74) is 1.23. The smallest absolute Gasteiger partial charge is 0.315 e. The predicted octanol–water partition coefficient (Wildman–Crippen LogP) is 3.08. The summed E-state index contributed by atoms with van der Waals surface area (Å²) in [6.45, 7) is 2.03. The number of ether oxygens (including phenoxy) is 2. The average molecular weight is 316 g/mol. The number of para-hydroxylation sites is 1. The van der Waals surface area contributed by atoms with Gasteiger partial charge in [-0.3, -0.25) is 9.59 Å². The normalized spacial score (nSPS) is 10.2. The van der Waals surface area contributed by atoms with Gasteiger partial charge in [0.15, 0.2) is 0 Å². The molecule has 0 heterocycles. The molecule has 0 unspecified atom stereocenters. The van der Waals surface area contributed by atoms with Crippen LogP contribution in [0.2, 0.25) is 0 Å². The zero-order valence-corrected chi connectivity index (χ0v) is 12.8. The number of halogens is 1. The topological polar surface area (TPSA) is 52.6 Å². The molecule has 0 N–H and O–H groups in total. The molecule has 0 aliphatic rings. The van der Waals surface area contributed by atoms with Gasteiger partial charge in [0, 0.05) is 5.56 Å². The molecule has 0 atom stereocenters. The zero-order valence-electron chi connectivity index (χ0n) is 12.8. The van der Waals surface area contributed by atoms with Gasteiger partial charge in [-0.2, -0.15) is 0 Å². The van der Waals surface area contributed by atoms with E-state index in [2.05, 4.69) is 0 Å². The fourth-order valence-corrected chi connectivity index (χ4v) is 2.04. The number of rotatable bonds is 6. The second-order valence-electron chi connectivity index (χ2n) is 4.87. The van der Waals surface area contributed by atoms with Crippen LogP contribution in [0.3, 0.4) is 0 Å². The first-order valence-electron chi connectivity index (χ1n) is 7.27. The van der Waals surface area contributed by atoms with Crippen LogP contribution in [0.25, 0.3) is 0 Å². The molecule has 0 saturated heterocycles. The van der Waals surface area contributed by atoms with Crippen molar-refractivity contribution in [2.24, 2.45) is 0 Å². The van der Waals surface area contributed by atoms with E-state index in [1.165, 1.54) is 24.3 Å². The SMILES string of the molecule is CCOC(=O)Cc1ccccc1OC(=O)Cc1ccc(F)cc1. The number of esters is 2. The summed E-state index contributed by atoms with van der Waals surface area (Å²) < 4.78 is 23.1. The predicted molar refractivity (Wildman–Crippen MR) is 82.5 cm³/mol. The van der Waals surface area contributed by atoms with Crippen molar-refractivity contribution in [2.45, 2.75) is 19.8 Å². The minimum atomic E-state index is -0.479. The first kappa shape index (κ1) is 16.7. The van der Waals surface area contributed by atoms with Gasteiger partial charge in [-0.1, -0.05) is 30.3 Å². The van der Waals surface area contributed by atoms with E-state index in [1.807, 2.05) is 0 Å². The van der Waals surface area contributed by atoms with Crippen molar-refractivity contribution in [3.05, 3.63) is 65.5 Å². The molecule has 2 aromatic carbocycles. The summed E-state index contributed by atoms with van der Waals surface area (Å²) >= 11 is 0. The van der Waals surface area contributed by atoms with Crippen LogP contribution in [-0.2, 0) is 27.2 Å². The monoisotopic (exact) mass is 316 g/mol. The van der Waals surface area contributed by atoms with Crippen molar-refractivity contribution in [1.82, 2.24) is 0 Å². The molecule has 0 aliphatic heterocycles. The number of benzene rings is 2. The molecule has 0 bridgehead atoms. The van der Waals surface area contributed by atoms with E-state index in [1.54, 1.807) is 31.2 Å². The van der Waals surface area contributed by atoms with E-state index in [4.69, 9.17) is 9.47 Å². The molecule has 2 aromatic rings. The molecule has 0 fully saturated rings. The average Bonchev–Trinajstić information content (AvgIpc) is 2.52. The standard InChI is InChI=1S/C18H17FO4/c1-2-22-17(20)12-14-5-3-4-6-16(14)23-18(21)11-13-7-9-15(19)10-8-13/h3-10H,2,11-12H2,1H3. The highest BCUT2D eigenvalue weighted by atomic mass is 19.1. The number of carbonyl (C=O) groups excluding carboxylic acids is 2. The van der Waals surface area contributed by atoms with Crippen LogP contribution in [0.15, 0.2) is 48.5 Å². The van der Waals surface area contributed by atoms with Gasteiger partial charge >= 0.3 is 11.9 Å². The van der Waals surface area contributed by atoms with Crippen molar-refractivity contribution in [3.8, 4) is 5.75 Å². The maximum absolute atomic E-state index is 12.8. The first-order chi connectivity index (χ1) is 11.1. The van der Waals surface area contributed by atoms with Crippen molar-refractivity contribution in [1.29, 1.82) is 0 Å². The van der Waals surface area contributed by atoms with Crippen molar-refractivity contribution in [3.63, 3.8) is 0 Å². The van der Waals surface area contributed by atoms with Gasteiger partial charge in [-0.25, -0.2) is 4.39 Å². The Bertz CT molecular complexity index is 680. The van der Waals surface area contributed by atoms with Crippen LogP contribution in [0.4, 0.5) is 4.39 Å². The Morgan fingerprint density at radius 1 is 0.957 bits per heavy atom. The maximum Gasteiger partial charge on any atom is 0.315 e. The van der Waals surface area contributed by atoms with Gasteiger partial charge in [0.05, 0.1) is 19.4 Å². The zero-order chi connectivity index (χ0) is 16.7. The van der Waals surface area contributed by atoms with Gasteiger partial charge in [-0.05, 0) is 30.7 Å². The lowest BCUT2D eigenvalue weighted by Crippen LogP contribution is -2.14. The Hall–Kier alpha value is -2.69. The van der Waals surface area contributed by atoms with Crippen LogP contribution >= 0.6 is 0 Å². The first-order valence-corrected chi connectivity index (χ1v) is 7.27. The third kappa shape index (κ3) is 5.21. The van der Waals surface area contributed by atoms with E-state index in [9.17, 15) is 14.0 Å². The molecule has 2 rings (SSSR count). The maximum atomic E-state index is 12.8. The Morgan fingerprint density at radius 2 is 1.65 bits per heavy atom. The van der Waals surface area contributed by atoms with Crippen LogP contribution < -0.4 is 4.74 Å². The molecule has 0 saturated carbocycles. The lowest BCUT2D eigenvalue weighted by molar-refractivity contribution is -0.142. The van der Waals surface area contributed by atoms with E-state index < -0.39 is 5.97 Å². The Kier molecular flexibility index (Phi) is 5.86. The van der Waals surface area contributed by atoms with Crippen LogP contribution in [0, 0.1) is 5.82 Å². The molecule has 0 aromatic heterocycles. The van der Waals surface area contributed by atoms with Crippen LogP contribution in [-0.4, -0.2) is 18.5 Å². The molecular weight excluding hydrogens is 299 g/mol. The number of hydrogen-bond acceptors (Lipinski definition) is 4. The highest BCUT2D eigenvalue weighted by molar-refractivity contribution is 5.77. The second kappa shape index (κ2) is 8.08. The van der Waals surface area contributed by atoms with Crippen LogP contribution in [0.5, 0.6) is 5.75 Å². The van der Waals surface area contributed by atoms with Crippen molar-refractivity contribution < 1.29 is 23.5 Å². The minimum absolute atomic E-state index is 0.0218. The summed E-state index contributed by atoms with van der Waals surface area (Å²) in [5, 5.41) is 0. The third-order valence-corrected chi connectivity index (χ3v) is 3.10. The van der Waals surface area contributed by atoms with Gasteiger partial charge in [0.1, 0.15) is 11.6 Å². The van der Waals surface area contributed by atoms with Crippen LogP contribution in [0.1, 0.15) is 18.1 Å². The Balaban J connectivity index is 2.02. The lowest BCUT2D eigenvalue weighted by Gasteiger charge is -2.10. The molecule has 4 nitrogen and oxygen atoms in total. The lowest BCUT2D eigenvalue weighted by atomic mass is 10.1. The summed E-state index contributed by atoms with van der Waals surface area (Å²) in [6, 6.07) is 12.4. The Labute approximate surface area is 133 Å². The molecular formula is C18H17FO4. The van der Waals surface area contributed by atoms with E-state index >= 15 is 0 Å². The molecule has 0 radical (unpaired) electrons. The van der Waals surface area contributed by atoms with E-state index in [0.29, 0.717) is 23.5 Å².